The van der Waals surface area contributed by atoms with Crippen molar-refractivity contribution >= 4 is 35.3 Å². The number of phenolic OH excluding ortho intramolecular Hbond substituents is 1. The van der Waals surface area contributed by atoms with Crippen LogP contribution in [0, 0.1) is 21.7 Å². The van der Waals surface area contributed by atoms with E-state index in [0.29, 0.717) is 29.4 Å². The smallest absolute Gasteiger partial charge is 0.161 e. The number of nitrogens with one attached hydrogen (secondary N) is 1. The molecular formula is C19H21NO2S3. The highest BCUT2D eigenvalue weighted by Gasteiger charge is 2.54. The lowest BCUT2D eigenvalue weighted by molar-refractivity contribution is 0.302. The van der Waals surface area contributed by atoms with Crippen molar-refractivity contribution in [3.63, 3.8) is 0 Å². The summed E-state index contributed by atoms with van der Waals surface area (Å²) in [6.07, 6.45) is 4.13. The second kappa shape index (κ2) is 6.03. The van der Waals surface area contributed by atoms with Crippen LogP contribution in [-0.4, -0.2) is 21.9 Å². The van der Waals surface area contributed by atoms with E-state index < -0.39 is 0 Å². The van der Waals surface area contributed by atoms with E-state index in [1.54, 1.807) is 17.4 Å². The molecule has 0 spiro atoms. The second-order valence-corrected chi connectivity index (χ2v) is 10.2. The lowest BCUT2D eigenvalue weighted by Crippen LogP contribution is -2.33. The first-order chi connectivity index (χ1) is 12.2. The summed E-state index contributed by atoms with van der Waals surface area (Å²) in [5.41, 5.74) is 1.26. The van der Waals surface area contributed by atoms with Crippen LogP contribution in [0.4, 0.5) is 0 Å². The summed E-state index contributed by atoms with van der Waals surface area (Å²) in [4.78, 5) is 4.82. The minimum absolute atomic E-state index is 0.224. The summed E-state index contributed by atoms with van der Waals surface area (Å²) >= 11 is 9.23. The number of fused-ring (bicyclic) bond motifs is 6. The number of aromatic amines is 1. The molecule has 2 bridgehead atoms. The number of hydrogen-bond acceptors (Lipinski definition) is 5. The Morgan fingerprint density at radius 3 is 3.00 bits per heavy atom. The van der Waals surface area contributed by atoms with E-state index in [9.17, 15) is 5.11 Å². The Labute approximate surface area is 160 Å². The van der Waals surface area contributed by atoms with Gasteiger partial charge in [-0.3, -0.25) is 0 Å². The number of thiazole rings is 1. The first-order valence-corrected chi connectivity index (χ1v) is 11.1. The molecule has 2 heterocycles. The maximum absolute atomic E-state index is 10.1. The fraction of sp³-hybridized carbons (Fsp3) is 0.526. The van der Waals surface area contributed by atoms with E-state index in [-0.39, 0.29) is 5.75 Å². The Kier molecular flexibility index (Phi) is 3.91. The molecule has 2 N–H and O–H groups in total. The molecule has 25 heavy (non-hydrogen) atoms. The highest BCUT2D eigenvalue weighted by molar-refractivity contribution is 8.00. The topological polar surface area (TPSA) is 45.2 Å². The first kappa shape index (κ1) is 16.2. The summed E-state index contributed by atoms with van der Waals surface area (Å²) in [5.74, 6) is 3.54. The average Bonchev–Trinajstić information content (AvgIpc) is 3.28. The summed E-state index contributed by atoms with van der Waals surface area (Å²) in [6, 6.07) is 5.92. The van der Waals surface area contributed by atoms with Gasteiger partial charge in [-0.1, -0.05) is 6.07 Å². The lowest BCUT2D eigenvalue weighted by atomic mass is 9.75. The Hall–Kier alpha value is -0.980. The number of hydrogen-bond donors (Lipinski definition) is 2. The Morgan fingerprint density at radius 1 is 1.32 bits per heavy atom. The van der Waals surface area contributed by atoms with Crippen LogP contribution in [0.15, 0.2) is 23.2 Å². The summed E-state index contributed by atoms with van der Waals surface area (Å²) in [7, 11) is 0. The minimum Gasteiger partial charge on any atom is -0.504 e. The number of benzene rings is 1. The van der Waals surface area contributed by atoms with E-state index >= 15 is 0 Å². The van der Waals surface area contributed by atoms with Crippen molar-refractivity contribution in [1.82, 2.24) is 4.98 Å². The van der Waals surface area contributed by atoms with Crippen LogP contribution in [0.3, 0.4) is 0 Å². The van der Waals surface area contributed by atoms with Gasteiger partial charge in [-0.2, -0.15) is 0 Å². The number of phenols is 1. The van der Waals surface area contributed by atoms with Crippen molar-refractivity contribution in [3.05, 3.63) is 32.6 Å². The van der Waals surface area contributed by atoms with Crippen LogP contribution in [0.5, 0.6) is 11.5 Å². The normalized spacial score (nSPS) is 32.4. The van der Waals surface area contributed by atoms with Crippen molar-refractivity contribution in [1.29, 1.82) is 0 Å². The van der Waals surface area contributed by atoms with Gasteiger partial charge in [-0.25, -0.2) is 0 Å². The molecule has 2 saturated carbocycles. The zero-order valence-corrected chi connectivity index (χ0v) is 16.5. The molecule has 5 unspecified atom stereocenters. The monoisotopic (exact) mass is 391 g/mol. The van der Waals surface area contributed by atoms with Crippen LogP contribution in [-0.2, 0) is 0 Å². The molecule has 1 aliphatic heterocycles. The van der Waals surface area contributed by atoms with Gasteiger partial charge in [0.25, 0.3) is 0 Å². The van der Waals surface area contributed by atoms with Crippen LogP contribution >= 0.6 is 35.3 Å². The Morgan fingerprint density at radius 2 is 2.16 bits per heavy atom. The van der Waals surface area contributed by atoms with E-state index in [1.165, 1.54) is 34.7 Å². The third-order valence-electron chi connectivity index (χ3n) is 6.11. The molecule has 3 nitrogen and oxygen atoms in total. The Balaban J connectivity index is 1.65. The van der Waals surface area contributed by atoms with E-state index in [2.05, 4.69) is 17.1 Å². The molecule has 5 rings (SSSR count). The lowest BCUT2D eigenvalue weighted by Gasteiger charge is -2.40. The van der Waals surface area contributed by atoms with Crippen LogP contribution < -0.4 is 4.74 Å². The van der Waals surface area contributed by atoms with Gasteiger partial charge in [0.15, 0.2) is 15.5 Å². The van der Waals surface area contributed by atoms with E-state index in [1.807, 2.05) is 18.7 Å². The predicted molar refractivity (Wildman–Crippen MR) is 105 cm³/mol. The third kappa shape index (κ3) is 2.48. The second-order valence-electron chi connectivity index (χ2n) is 7.34. The van der Waals surface area contributed by atoms with Crippen molar-refractivity contribution in [2.75, 3.05) is 6.61 Å². The van der Waals surface area contributed by atoms with Crippen molar-refractivity contribution in [2.45, 2.75) is 42.4 Å². The van der Waals surface area contributed by atoms with Gasteiger partial charge < -0.3 is 14.8 Å². The summed E-state index contributed by atoms with van der Waals surface area (Å²) in [5, 5.41) is 12.1. The molecular weight excluding hydrogens is 370 g/mol. The highest BCUT2D eigenvalue weighted by atomic mass is 32.2. The first-order valence-electron chi connectivity index (χ1n) is 9.01. The van der Waals surface area contributed by atoms with E-state index in [4.69, 9.17) is 17.0 Å². The van der Waals surface area contributed by atoms with Crippen molar-refractivity contribution in [3.8, 4) is 11.5 Å². The molecule has 2 aliphatic carbocycles. The largest absolute Gasteiger partial charge is 0.504 e. The number of thioether (sulfide) groups is 1. The third-order valence-corrected chi connectivity index (χ3v) is 9.08. The molecule has 1 aromatic carbocycles. The molecule has 1 aromatic heterocycles. The molecule has 6 heteroatoms. The fourth-order valence-electron chi connectivity index (χ4n) is 5.22. The van der Waals surface area contributed by atoms with Gasteiger partial charge in [0, 0.05) is 16.0 Å². The number of rotatable bonds is 3. The number of ether oxygens (including phenoxy) is 1. The van der Waals surface area contributed by atoms with Crippen LogP contribution in [0.1, 0.15) is 42.5 Å². The molecule has 0 amide bonds. The summed E-state index contributed by atoms with van der Waals surface area (Å²) < 4.78 is 6.53. The van der Waals surface area contributed by atoms with Gasteiger partial charge >= 0.3 is 0 Å². The van der Waals surface area contributed by atoms with Crippen molar-refractivity contribution in [2.24, 2.45) is 17.8 Å². The van der Waals surface area contributed by atoms with Gasteiger partial charge in [-0.05, 0) is 73.9 Å². The molecule has 132 valence electrons. The fourth-order valence-corrected chi connectivity index (χ4v) is 8.56. The molecule has 0 saturated heterocycles. The quantitative estimate of drug-likeness (QED) is 0.672. The SMILES string of the molecule is CCOc1cc(C2c3sc(=S)[nH]c3SC3C4CCC(C4)C23)ccc1O. The number of H-pyrrole nitrogens is 1. The number of aromatic nitrogens is 1. The average molecular weight is 392 g/mol. The van der Waals surface area contributed by atoms with Gasteiger partial charge in [0.05, 0.1) is 11.6 Å². The molecule has 5 atom stereocenters. The van der Waals surface area contributed by atoms with Crippen LogP contribution in [0.25, 0.3) is 0 Å². The zero-order valence-electron chi connectivity index (χ0n) is 14.0. The Bertz CT molecular complexity index is 874. The highest BCUT2D eigenvalue weighted by Crippen LogP contribution is 2.64. The van der Waals surface area contributed by atoms with Crippen molar-refractivity contribution < 1.29 is 9.84 Å². The molecule has 2 aromatic rings. The summed E-state index contributed by atoms with van der Waals surface area (Å²) in [6.45, 7) is 2.51. The van der Waals surface area contributed by atoms with Gasteiger partial charge in [0.1, 0.15) is 0 Å². The molecule has 2 fully saturated rings. The van der Waals surface area contributed by atoms with Crippen LogP contribution in [0.2, 0.25) is 0 Å². The maximum Gasteiger partial charge on any atom is 0.161 e. The van der Waals surface area contributed by atoms with Gasteiger partial charge in [-0.15, -0.1) is 23.1 Å². The van der Waals surface area contributed by atoms with Gasteiger partial charge in [0.2, 0.25) is 0 Å². The predicted octanol–water partition coefficient (Wildman–Crippen LogP) is 5.56. The standard InChI is InChI=1S/C19H21NO2S3/c1-2-22-13-8-10(5-6-12(13)21)15-14-9-3-4-11(7-9)16(14)24-18-17(15)25-19(23)20-18/h5-6,8-9,11,14-16,21H,2-4,7H2,1H3,(H,20,23). The number of aromatic hydroxyl groups is 1. The van der Waals surface area contributed by atoms with E-state index in [0.717, 1.165) is 15.8 Å². The molecule has 3 aliphatic rings. The molecule has 0 radical (unpaired) electrons. The maximum atomic E-state index is 10.1. The minimum atomic E-state index is 0.224. The zero-order chi connectivity index (χ0) is 17.1.